The van der Waals surface area contributed by atoms with E-state index < -0.39 is 10.1 Å². The van der Waals surface area contributed by atoms with E-state index in [1.807, 2.05) is 27.7 Å². The minimum Gasteiger partial charge on any atom is -0.287 e. The maximum atomic E-state index is 11.9. The fourth-order valence-electron chi connectivity index (χ4n) is 1.53. The van der Waals surface area contributed by atoms with Crippen molar-refractivity contribution in [1.29, 1.82) is 0 Å². The molecule has 0 aliphatic heterocycles. The van der Waals surface area contributed by atoms with Crippen LogP contribution in [0.4, 0.5) is 0 Å². The van der Waals surface area contributed by atoms with Gasteiger partial charge in [0.05, 0.1) is 11.5 Å². The van der Waals surface area contributed by atoms with Crippen LogP contribution >= 0.6 is 11.8 Å². The second-order valence-corrected chi connectivity index (χ2v) is 8.87. The molecule has 0 heterocycles. The summed E-state index contributed by atoms with van der Waals surface area (Å²) in [5, 5.41) is 0.153. The highest BCUT2D eigenvalue weighted by atomic mass is 32.2. The fourth-order valence-corrected chi connectivity index (χ4v) is 3.44. The summed E-state index contributed by atoms with van der Waals surface area (Å²) in [6.45, 7) is 7.70. The van der Waals surface area contributed by atoms with Crippen LogP contribution in [0.15, 0.2) is 29.2 Å². The molecule has 0 aliphatic rings. The van der Waals surface area contributed by atoms with E-state index in [0.29, 0.717) is 12.2 Å². The third-order valence-corrected chi connectivity index (χ3v) is 5.63. The molecule has 0 amide bonds. The molecule has 4 nitrogen and oxygen atoms in total. The van der Waals surface area contributed by atoms with Crippen LogP contribution in [0.25, 0.3) is 0 Å². The average Bonchev–Trinajstić information content (AvgIpc) is 2.41. The van der Waals surface area contributed by atoms with E-state index in [0.717, 1.165) is 12.0 Å². The molecule has 0 aromatic heterocycles. The Kier molecular flexibility index (Phi) is 7.09. The topological polar surface area (TPSA) is 60.4 Å². The summed E-state index contributed by atoms with van der Waals surface area (Å²) in [7, 11) is -3.68. The molecule has 0 saturated heterocycles. The summed E-state index contributed by atoms with van der Waals surface area (Å²) in [5.74, 6) is 0.685. The van der Waals surface area contributed by atoms with Crippen LogP contribution in [0.2, 0.25) is 0 Å². The Morgan fingerprint density at radius 1 is 1.14 bits per heavy atom. The Morgan fingerprint density at radius 2 is 1.73 bits per heavy atom. The van der Waals surface area contributed by atoms with E-state index in [4.69, 9.17) is 4.18 Å². The molecule has 0 N–H and O–H groups in total. The second kappa shape index (κ2) is 8.13. The van der Waals surface area contributed by atoms with E-state index in [1.54, 1.807) is 24.3 Å². The monoisotopic (exact) mass is 344 g/mol. The summed E-state index contributed by atoms with van der Waals surface area (Å²) in [4.78, 5) is 11.9. The van der Waals surface area contributed by atoms with Crippen LogP contribution in [0.3, 0.4) is 0 Å². The molecule has 1 aromatic rings. The number of benzene rings is 1. The van der Waals surface area contributed by atoms with Gasteiger partial charge in [0, 0.05) is 11.2 Å². The maximum Gasteiger partial charge on any atom is 0.296 e. The second-order valence-electron chi connectivity index (χ2n) is 6.18. The van der Waals surface area contributed by atoms with Gasteiger partial charge in [0.1, 0.15) is 0 Å². The number of thioether (sulfide) groups is 1. The highest BCUT2D eigenvalue weighted by Crippen LogP contribution is 2.23. The molecular weight excluding hydrogens is 320 g/mol. The predicted octanol–water partition coefficient (Wildman–Crippen LogP) is 3.79. The van der Waals surface area contributed by atoms with Crippen molar-refractivity contribution in [3.05, 3.63) is 29.8 Å². The normalized spacial score (nSPS) is 12.4. The first-order valence-electron chi connectivity index (χ1n) is 7.26. The molecule has 0 saturated carbocycles. The molecule has 22 heavy (non-hydrogen) atoms. The molecule has 1 aromatic carbocycles. The Balaban J connectivity index is 2.30. The number of carbonyl (C=O) groups excluding carboxylic acids is 1. The Labute approximate surface area is 137 Å². The molecule has 0 unspecified atom stereocenters. The van der Waals surface area contributed by atoms with Gasteiger partial charge in [0.2, 0.25) is 0 Å². The molecule has 6 heteroatoms. The number of hydrogen-bond acceptors (Lipinski definition) is 5. The maximum absolute atomic E-state index is 11.9. The molecule has 0 fully saturated rings. The summed E-state index contributed by atoms with van der Waals surface area (Å²) in [6, 6.07) is 6.57. The lowest BCUT2D eigenvalue weighted by Gasteiger charge is -2.15. The zero-order chi connectivity index (χ0) is 16.8. The van der Waals surface area contributed by atoms with Crippen LogP contribution in [-0.2, 0) is 19.1 Å². The number of carbonyl (C=O) groups is 1. The highest BCUT2D eigenvalue weighted by molar-refractivity contribution is 8.13. The van der Waals surface area contributed by atoms with E-state index in [1.165, 1.54) is 11.8 Å². The van der Waals surface area contributed by atoms with Gasteiger partial charge in [-0.1, -0.05) is 50.2 Å². The summed E-state index contributed by atoms with van der Waals surface area (Å²) in [6.07, 6.45) is 1.35. The van der Waals surface area contributed by atoms with Gasteiger partial charge in [0.25, 0.3) is 10.1 Å². The van der Waals surface area contributed by atoms with Gasteiger partial charge < -0.3 is 0 Å². The summed E-state index contributed by atoms with van der Waals surface area (Å²) >= 11 is 1.30. The lowest BCUT2D eigenvalue weighted by Crippen LogP contribution is -2.16. The first kappa shape index (κ1) is 19.2. The highest BCUT2D eigenvalue weighted by Gasteiger charge is 2.21. The first-order chi connectivity index (χ1) is 10.1. The van der Waals surface area contributed by atoms with Gasteiger partial charge >= 0.3 is 0 Å². The van der Waals surface area contributed by atoms with Crippen LogP contribution in [0.5, 0.6) is 0 Å². The van der Waals surface area contributed by atoms with Crippen LogP contribution in [-0.4, -0.2) is 25.9 Å². The number of unbranched alkanes of at least 4 members (excludes halogenated alkanes) is 1. The van der Waals surface area contributed by atoms with Crippen molar-refractivity contribution in [2.24, 2.45) is 5.41 Å². The summed E-state index contributed by atoms with van der Waals surface area (Å²) < 4.78 is 28.9. The SMILES string of the molecule is Cc1ccc(S(=O)(=O)OCCCCSC(=O)C(C)(C)C)cc1. The van der Waals surface area contributed by atoms with Crippen molar-refractivity contribution < 1.29 is 17.4 Å². The van der Waals surface area contributed by atoms with Crippen molar-refractivity contribution >= 4 is 27.0 Å². The quantitative estimate of drug-likeness (QED) is 0.556. The van der Waals surface area contributed by atoms with Crippen molar-refractivity contribution in [1.82, 2.24) is 0 Å². The average molecular weight is 344 g/mol. The third-order valence-electron chi connectivity index (χ3n) is 2.93. The van der Waals surface area contributed by atoms with Gasteiger partial charge in [-0.2, -0.15) is 8.42 Å². The molecule has 0 radical (unpaired) electrons. The summed E-state index contributed by atoms with van der Waals surface area (Å²) in [5.41, 5.74) is 0.662. The smallest absolute Gasteiger partial charge is 0.287 e. The van der Waals surface area contributed by atoms with Crippen molar-refractivity contribution in [3.8, 4) is 0 Å². The van der Waals surface area contributed by atoms with Crippen LogP contribution in [0.1, 0.15) is 39.2 Å². The zero-order valence-electron chi connectivity index (χ0n) is 13.6. The number of rotatable bonds is 7. The van der Waals surface area contributed by atoms with E-state index in [9.17, 15) is 13.2 Å². The van der Waals surface area contributed by atoms with Gasteiger partial charge in [0.15, 0.2) is 5.12 Å². The van der Waals surface area contributed by atoms with Crippen molar-refractivity contribution in [2.75, 3.05) is 12.4 Å². The molecule has 124 valence electrons. The number of hydrogen-bond donors (Lipinski definition) is 0. The minimum absolute atomic E-state index is 0.139. The Morgan fingerprint density at radius 3 is 2.27 bits per heavy atom. The van der Waals surface area contributed by atoms with Crippen LogP contribution in [0, 0.1) is 12.3 Å². The van der Waals surface area contributed by atoms with Gasteiger partial charge in [-0.25, -0.2) is 0 Å². The molecule has 0 bridgehead atoms. The predicted molar refractivity (Wildman–Crippen MR) is 90.5 cm³/mol. The minimum atomic E-state index is -3.68. The van der Waals surface area contributed by atoms with E-state index in [-0.39, 0.29) is 22.0 Å². The number of aryl methyl sites for hydroxylation is 1. The Bertz CT molecular complexity index is 584. The third kappa shape index (κ3) is 6.50. The van der Waals surface area contributed by atoms with Gasteiger partial charge in [-0.15, -0.1) is 0 Å². The van der Waals surface area contributed by atoms with Gasteiger partial charge in [-0.05, 0) is 31.9 Å². The first-order valence-corrected chi connectivity index (χ1v) is 9.65. The van der Waals surface area contributed by atoms with Gasteiger partial charge in [-0.3, -0.25) is 8.98 Å². The van der Waals surface area contributed by atoms with Crippen LogP contribution < -0.4 is 0 Å². The molecule has 0 atom stereocenters. The standard InChI is InChI=1S/C16H24O4S2/c1-13-7-9-14(10-8-13)22(18,19)20-11-5-6-12-21-15(17)16(2,3)4/h7-10H,5-6,11-12H2,1-4H3. The van der Waals surface area contributed by atoms with Crippen molar-refractivity contribution in [2.45, 2.75) is 45.4 Å². The molecular formula is C16H24O4S2. The van der Waals surface area contributed by atoms with Crippen molar-refractivity contribution in [3.63, 3.8) is 0 Å². The Hall–Kier alpha value is -0.850. The lowest BCUT2D eigenvalue weighted by molar-refractivity contribution is -0.117. The van der Waals surface area contributed by atoms with E-state index >= 15 is 0 Å². The zero-order valence-corrected chi connectivity index (χ0v) is 15.2. The van der Waals surface area contributed by atoms with E-state index in [2.05, 4.69) is 0 Å². The molecule has 0 aliphatic carbocycles. The lowest BCUT2D eigenvalue weighted by atomic mass is 10.00. The fraction of sp³-hybridized carbons (Fsp3) is 0.562. The molecule has 0 spiro atoms. The molecule has 1 rings (SSSR count). The largest absolute Gasteiger partial charge is 0.296 e.